The maximum absolute atomic E-state index is 5.66. The van der Waals surface area contributed by atoms with Crippen LogP contribution in [0.3, 0.4) is 0 Å². The molecule has 1 N–H and O–H groups in total. The quantitative estimate of drug-likeness (QED) is 0.540. The fraction of sp³-hybridized carbons (Fsp3) is 0.400. The summed E-state index contributed by atoms with van der Waals surface area (Å²) < 4.78 is 5.66. The third-order valence-corrected chi connectivity index (χ3v) is 8.52. The van der Waals surface area contributed by atoms with Crippen LogP contribution in [0.1, 0.15) is 35.4 Å². The van der Waals surface area contributed by atoms with E-state index in [4.69, 9.17) is 4.74 Å². The summed E-state index contributed by atoms with van der Waals surface area (Å²) >= 11 is 0. The first-order chi connectivity index (χ1) is 16.3. The number of piperidine rings is 3. The smallest absolute Gasteiger partial charge is 0.123 e. The van der Waals surface area contributed by atoms with Crippen molar-refractivity contribution in [2.24, 2.45) is 17.8 Å². The zero-order chi connectivity index (χ0) is 22.2. The van der Waals surface area contributed by atoms with E-state index in [0.717, 1.165) is 30.0 Å². The average molecular weight is 439 g/mol. The second-order valence-electron chi connectivity index (χ2n) is 10.1. The Morgan fingerprint density at radius 3 is 2.00 bits per heavy atom. The van der Waals surface area contributed by atoms with Crippen LogP contribution >= 0.6 is 0 Å². The molecular weight excluding hydrogens is 404 g/mol. The van der Waals surface area contributed by atoms with Gasteiger partial charge in [-0.1, -0.05) is 78.9 Å². The summed E-state index contributed by atoms with van der Waals surface area (Å²) in [6.07, 6.45) is 2.79. The Hall–Kier alpha value is -2.62. The van der Waals surface area contributed by atoms with Gasteiger partial charge in [-0.2, -0.15) is 0 Å². The normalized spacial score (nSPS) is 30.0. The summed E-state index contributed by atoms with van der Waals surface area (Å²) in [5, 5.41) is 4.09. The van der Waals surface area contributed by atoms with Gasteiger partial charge in [-0.3, -0.25) is 4.90 Å². The molecule has 3 aromatic rings. The third kappa shape index (κ3) is 3.78. The molecule has 3 heteroatoms. The standard InChI is InChI=1S/C30H34N2O/c1-33-26-15-9-8-14-23(26)18-31-29-27-24-16-17-25(27)20-32(19-24)30(29)28(21-10-4-2-5-11-21)22-12-6-3-7-13-22/h2-15,24-25,27-31H,16-20H2,1H3/t24?,25?,27?,29-,30-/m1/s1. The zero-order valence-electron chi connectivity index (χ0n) is 19.4. The minimum Gasteiger partial charge on any atom is -0.496 e. The van der Waals surface area contributed by atoms with E-state index in [0.29, 0.717) is 18.0 Å². The number of nitrogens with zero attached hydrogens (tertiary/aromatic N) is 1. The molecule has 3 saturated heterocycles. The second-order valence-corrected chi connectivity index (χ2v) is 10.1. The molecule has 3 heterocycles. The summed E-state index contributed by atoms with van der Waals surface area (Å²) in [5.41, 5.74) is 4.11. The molecule has 7 rings (SSSR count). The van der Waals surface area contributed by atoms with Gasteiger partial charge < -0.3 is 10.1 Å². The molecular formula is C30H34N2O. The van der Waals surface area contributed by atoms with Crippen molar-refractivity contribution in [2.75, 3.05) is 20.2 Å². The molecule has 0 aromatic heterocycles. The number of nitrogens with one attached hydrogen (secondary N) is 1. The SMILES string of the molecule is COc1ccccc1CN[C@@H]1C2C3CCC2CN(C3)[C@@H]1C(c1ccccc1)c1ccccc1. The van der Waals surface area contributed by atoms with Crippen LogP contribution in [0.15, 0.2) is 84.9 Å². The van der Waals surface area contributed by atoms with Gasteiger partial charge in [0.25, 0.3) is 0 Å². The Morgan fingerprint density at radius 2 is 1.39 bits per heavy atom. The highest BCUT2D eigenvalue weighted by atomic mass is 16.5. The lowest BCUT2D eigenvalue weighted by atomic mass is 9.66. The van der Waals surface area contributed by atoms with Crippen molar-refractivity contribution in [1.82, 2.24) is 10.2 Å². The highest BCUT2D eigenvalue weighted by Crippen LogP contribution is 2.52. The Bertz CT molecular complexity index is 1020. The molecule has 4 atom stereocenters. The van der Waals surface area contributed by atoms with E-state index in [9.17, 15) is 0 Å². The van der Waals surface area contributed by atoms with Gasteiger partial charge in [-0.25, -0.2) is 0 Å². The molecule has 3 nitrogen and oxygen atoms in total. The number of hydrogen-bond acceptors (Lipinski definition) is 3. The van der Waals surface area contributed by atoms with Gasteiger partial charge in [0, 0.05) is 43.2 Å². The van der Waals surface area contributed by atoms with Crippen molar-refractivity contribution >= 4 is 0 Å². The Morgan fingerprint density at radius 1 is 0.818 bits per heavy atom. The number of hydrogen-bond donors (Lipinski definition) is 1. The lowest BCUT2D eigenvalue weighted by Gasteiger charge is -2.57. The molecule has 4 bridgehead atoms. The van der Waals surface area contributed by atoms with E-state index < -0.39 is 0 Å². The first-order valence-corrected chi connectivity index (χ1v) is 12.5. The molecule has 3 aromatic carbocycles. The minimum atomic E-state index is 0.366. The summed E-state index contributed by atoms with van der Waals surface area (Å²) in [6.45, 7) is 3.37. The van der Waals surface area contributed by atoms with Gasteiger partial charge in [-0.05, 0) is 47.8 Å². The number of fused-ring (bicyclic) bond motifs is 1. The van der Waals surface area contributed by atoms with E-state index in [1.54, 1.807) is 7.11 Å². The van der Waals surface area contributed by atoms with Crippen molar-refractivity contribution < 1.29 is 4.74 Å². The van der Waals surface area contributed by atoms with Crippen molar-refractivity contribution in [3.05, 3.63) is 102 Å². The highest BCUT2D eigenvalue weighted by molar-refractivity contribution is 5.37. The Balaban J connectivity index is 1.39. The van der Waals surface area contributed by atoms with Gasteiger partial charge in [-0.15, -0.1) is 0 Å². The average Bonchev–Trinajstić information content (AvgIpc) is 3.17. The monoisotopic (exact) mass is 438 g/mol. The minimum absolute atomic E-state index is 0.366. The summed E-state index contributed by atoms with van der Waals surface area (Å²) in [6, 6.07) is 31.7. The summed E-state index contributed by atoms with van der Waals surface area (Å²) in [7, 11) is 1.77. The molecule has 2 unspecified atom stereocenters. The van der Waals surface area contributed by atoms with Gasteiger partial charge in [0.15, 0.2) is 0 Å². The van der Waals surface area contributed by atoms with E-state index in [-0.39, 0.29) is 0 Å². The fourth-order valence-electron chi connectivity index (χ4n) is 7.24. The Kier molecular flexibility index (Phi) is 5.69. The number of methoxy groups -OCH3 is 1. The molecule has 0 radical (unpaired) electrons. The zero-order valence-corrected chi connectivity index (χ0v) is 19.4. The first kappa shape index (κ1) is 20.9. The van der Waals surface area contributed by atoms with Crippen molar-refractivity contribution in [3.8, 4) is 5.75 Å². The van der Waals surface area contributed by atoms with Crippen LogP contribution in [-0.4, -0.2) is 37.2 Å². The van der Waals surface area contributed by atoms with Crippen LogP contribution in [0.4, 0.5) is 0 Å². The molecule has 0 amide bonds. The second kappa shape index (κ2) is 8.96. The molecule has 0 spiro atoms. The number of ether oxygens (including phenoxy) is 1. The molecule has 4 aliphatic rings. The molecule has 33 heavy (non-hydrogen) atoms. The maximum Gasteiger partial charge on any atom is 0.123 e. The molecule has 170 valence electrons. The van der Waals surface area contributed by atoms with E-state index in [1.165, 1.54) is 42.6 Å². The summed E-state index contributed by atoms with van der Waals surface area (Å²) in [4.78, 5) is 2.84. The summed E-state index contributed by atoms with van der Waals surface area (Å²) in [5.74, 6) is 3.79. The molecule has 1 saturated carbocycles. The van der Waals surface area contributed by atoms with Crippen LogP contribution in [0, 0.1) is 17.8 Å². The topological polar surface area (TPSA) is 24.5 Å². The van der Waals surface area contributed by atoms with Crippen LogP contribution in [0.5, 0.6) is 5.75 Å². The number of benzene rings is 3. The number of para-hydroxylation sites is 1. The molecule has 4 fully saturated rings. The first-order valence-electron chi connectivity index (χ1n) is 12.5. The number of rotatable bonds is 7. The van der Waals surface area contributed by atoms with Crippen molar-refractivity contribution in [2.45, 2.75) is 37.4 Å². The lowest BCUT2D eigenvalue weighted by molar-refractivity contribution is -0.0461. The van der Waals surface area contributed by atoms with Crippen molar-refractivity contribution in [1.29, 1.82) is 0 Å². The van der Waals surface area contributed by atoms with Gasteiger partial charge in [0.2, 0.25) is 0 Å². The fourth-order valence-corrected chi connectivity index (χ4v) is 7.24. The van der Waals surface area contributed by atoms with Crippen molar-refractivity contribution in [3.63, 3.8) is 0 Å². The predicted octanol–water partition coefficient (Wildman–Crippen LogP) is 5.33. The van der Waals surface area contributed by atoms with Gasteiger partial charge in [0.1, 0.15) is 5.75 Å². The molecule has 3 aliphatic heterocycles. The Labute approximate surface area is 197 Å². The van der Waals surface area contributed by atoms with Gasteiger partial charge in [0.05, 0.1) is 7.11 Å². The van der Waals surface area contributed by atoms with Gasteiger partial charge >= 0.3 is 0 Å². The van der Waals surface area contributed by atoms with E-state index >= 15 is 0 Å². The molecule has 1 aliphatic carbocycles. The van der Waals surface area contributed by atoms with Crippen LogP contribution in [0.2, 0.25) is 0 Å². The van der Waals surface area contributed by atoms with E-state index in [2.05, 4.69) is 95.1 Å². The predicted molar refractivity (Wildman–Crippen MR) is 133 cm³/mol. The van der Waals surface area contributed by atoms with Crippen LogP contribution in [-0.2, 0) is 6.54 Å². The lowest BCUT2D eigenvalue weighted by Crippen LogP contribution is -2.68. The van der Waals surface area contributed by atoms with Crippen LogP contribution in [0.25, 0.3) is 0 Å². The van der Waals surface area contributed by atoms with E-state index in [1.807, 2.05) is 0 Å². The maximum atomic E-state index is 5.66. The highest BCUT2D eigenvalue weighted by Gasteiger charge is 2.56. The third-order valence-electron chi connectivity index (χ3n) is 8.52. The van der Waals surface area contributed by atoms with Crippen LogP contribution < -0.4 is 10.1 Å². The largest absolute Gasteiger partial charge is 0.496 e.